The summed E-state index contributed by atoms with van der Waals surface area (Å²) in [5.74, 6) is 0.794. The Hall–Kier alpha value is -0.160. The van der Waals surface area contributed by atoms with E-state index in [1.165, 1.54) is 12.8 Å². The van der Waals surface area contributed by atoms with Crippen LogP contribution in [0.4, 0.5) is 0 Å². The first-order valence-electron chi connectivity index (χ1n) is 6.71. The lowest BCUT2D eigenvalue weighted by Crippen LogP contribution is -2.50. The normalized spacial score (nSPS) is 44.1. The summed E-state index contributed by atoms with van der Waals surface area (Å²) in [6.45, 7) is 4.25. The molecular formula is C13H26N2O2. The molecule has 1 aliphatic carbocycles. The predicted molar refractivity (Wildman–Crippen MR) is 67.9 cm³/mol. The molecule has 2 fully saturated rings. The van der Waals surface area contributed by atoms with Crippen molar-refractivity contribution in [1.29, 1.82) is 0 Å². The van der Waals surface area contributed by atoms with Crippen LogP contribution in [0, 0.1) is 5.92 Å². The van der Waals surface area contributed by atoms with Gasteiger partial charge in [0.1, 0.15) is 0 Å². The van der Waals surface area contributed by atoms with Crippen molar-refractivity contribution in [3.8, 4) is 0 Å². The Morgan fingerprint density at radius 2 is 1.65 bits per heavy atom. The van der Waals surface area contributed by atoms with Gasteiger partial charge in [-0.3, -0.25) is 4.90 Å². The van der Waals surface area contributed by atoms with E-state index in [1.807, 2.05) is 0 Å². The molecule has 0 radical (unpaired) electrons. The second-order valence-electron chi connectivity index (χ2n) is 5.65. The van der Waals surface area contributed by atoms with Gasteiger partial charge in [-0.1, -0.05) is 6.92 Å². The minimum absolute atomic E-state index is 0.199. The smallest absolute Gasteiger partial charge is 0.0971 e. The highest BCUT2D eigenvalue weighted by Gasteiger charge is 2.39. The van der Waals surface area contributed by atoms with E-state index in [9.17, 15) is 0 Å². The van der Waals surface area contributed by atoms with Crippen molar-refractivity contribution >= 4 is 0 Å². The Morgan fingerprint density at radius 3 is 2.18 bits per heavy atom. The summed E-state index contributed by atoms with van der Waals surface area (Å²) >= 11 is 0. The summed E-state index contributed by atoms with van der Waals surface area (Å²) < 4.78 is 11.0. The number of methoxy groups -OCH3 is 2. The molecular weight excluding hydrogens is 216 g/mol. The Labute approximate surface area is 104 Å². The Morgan fingerprint density at radius 1 is 1.06 bits per heavy atom. The van der Waals surface area contributed by atoms with Crippen LogP contribution in [0.15, 0.2) is 0 Å². The van der Waals surface area contributed by atoms with Crippen LogP contribution in [0.1, 0.15) is 26.2 Å². The van der Waals surface area contributed by atoms with Gasteiger partial charge in [0.15, 0.2) is 0 Å². The standard InChI is InChI=1S/C13H26N2O2/c1-9-4-5-10(14)11(6-9)15-7-12(16-2)13(8-15)17-3/h9-13H,4-8,14H2,1-3H3. The van der Waals surface area contributed by atoms with Crippen molar-refractivity contribution < 1.29 is 9.47 Å². The summed E-state index contributed by atoms with van der Waals surface area (Å²) in [6.07, 6.45) is 4.03. The molecule has 4 nitrogen and oxygen atoms in total. The maximum Gasteiger partial charge on any atom is 0.0971 e. The van der Waals surface area contributed by atoms with Crippen molar-refractivity contribution in [2.24, 2.45) is 11.7 Å². The zero-order chi connectivity index (χ0) is 12.4. The molecule has 0 amide bonds. The minimum atomic E-state index is 0.199. The van der Waals surface area contributed by atoms with Crippen LogP contribution in [0.5, 0.6) is 0 Å². The second kappa shape index (κ2) is 5.65. The second-order valence-corrected chi connectivity index (χ2v) is 5.65. The van der Waals surface area contributed by atoms with E-state index in [0.717, 1.165) is 25.4 Å². The first kappa shape index (κ1) is 13.3. The van der Waals surface area contributed by atoms with Gasteiger partial charge in [-0.25, -0.2) is 0 Å². The monoisotopic (exact) mass is 242 g/mol. The number of rotatable bonds is 3. The van der Waals surface area contributed by atoms with E-state index in [2.05, 4.69) is 11.8 Å². The van der Waals surface area contributed by atoms with Gasteiger partial charge in [-0.15, -0.1) is 0 Å². The molecule has 2 rings (SSSR count). The maximum absolute atomic E-state index is 6.27. The number of hydrogen-bond acceptors (Lipinski definition) is 4. The number of hydrogen-bond donors (Lipinski definition) is 1. The van der Waals surface area contributed by atoms with Crippen LogP contribution in [0.2, 0.25) is 0 Å². The third kappa shape index (κ3) is 2.81. The number of likely N-dealkylation sites (tertiary alicyclic amines) is 1. The average Bonchev–Trinajstić information content (AvgIpc) is 2.75. The molecule has 4 heteroatoms. The molecule has 0 aromatic carbocycles. The van der Waals surface area contributed by atoms with E-state index < -0.39 is 0 Å². The van der Waals surface area contributed by atoms with Gasteiger partial charge in [-0.2, -0.15) is 0 Å². The fourth-order valence-corrected chi connectivity index (χ4v) is 3.29. The highest BCUT2D eigenvalue weighted by Crippen LogP contribution is 2.30. The molecule has 1 saturated heterocycles. The van der Waals surface area contributed by atoms with Crippen LogP contribution in [0.25, 0.3) is 0 Å². The van der Waals surface area contributed by atoms with Crippen LogP contribution < -0.4 is 5.73 Å². The van der Waals surface area contributed by atoms with Crippen molar-refractivity contribution in [1.82, 2.24) is 4.90 Å². The molecule has 5 atom stereocenters. The van der Waals surface area contributed by atoms with E-state index >= 15 is 0 Å². The maximum atomic E-state index is 6.27. The molecule has 100 valence electrons. The number of ether oxygens (including phenoxy) is 2. The first-order valence-corrected chi connectivity index (χ1v) is 6.71. The van der Waals surface area contributed by atoms with Gasteiger partial charge < -0.3 is 15.2 Å². The van der Waals surface area contributed by atoms with Crippen molar-refractivity contribution in [3.63, 3.8) is 0 Å². The van der Waals surface area contributed by atoms with E-state index in [4.69, 9.17) is 15.2 Å². The molecule has 0 aromatic heterocycles. The van der Waals surface area contributed by atoms with Gasteiger partial charge in [0.05, 0.1) is 12.2 Å². The van der Waals surface area contributed by atoms with Gasteiger partial charge in [0.2, 0.25) is 0 Å². The zero-order valence-corrected chi connectivity index (χ0v) is 11.3. The fourth-order valence-electron chi connectivity index (χ4n) is 3.29. The lowest BCUT2D eigenvalue weighted by atomic mass is 9.83. The average molecular weight is 242 g/mol. The number of nitrogens with two attached hydrogens (primary N) is 1. The minimum Gasteiger partial charge on any atom is -0.377 e. The predicted octanol–water partition coefficient (Wildman–Crippen LogP) is 0.848. The Bertz CT molecular complexity index is 238. The van der Waals surface area contributed by atoms with Gasteiger partial charge in [0.25, 0.3) is 0 Å². The Balaban J connectivity index is 1.98. The van der Waals surface area contributed by atoms with Crippen molar-refractivity contribution in [3.05, 3.63) is 0 Å². The quantitative estimate of drug-likeness (QED) is 0.797. The molecule has 0 aromatic rings. The summed E-state index contributed by atoms with van der Waals surface area (Å²) in [5.41, 5.74) is 6.27. The molecule has 17 heavy (non-hydrogen) atoms. The highest BCUT2D eigenvalue weighted by molar-refractivity contribution is 4.95. The Kier molecular flexibility index (Phi) is 4.42. The molecule has 2 N–H and O–H groups in total. The lowest BCUT2D eigenvalue weighted by molar-refractivity contribution is -0.00461. The fraction of sp³-hybridized carbons (Fsp3) is 1.00. The van der Waals surface area contributed by atoms with E-state index in [0.29, 0.717) is 12.1 Å². The van der Waals surface area contributed by atoms with Gasteiger partial charge in [0, 0.05) is 39.4 Å². The third-order valence-corrected chi connectivity index (χ3v) is 4.45. The topological polar surface area (TPSA) is 47.7 Å². The summed E-state index contributed by atoms with van der Waals surface area (Å²) in [5, 5.41) is 0. The summed E-state index contributed by atoms with van der Waals surface area (Å²) in [7, 11) is 3.53. The molecule has 0 spiro atoms. The molecule has 2 aliphatic rings. The van der Waals surface area contributed by atoms with Crippen LogP contribution in [-0.2, 0) is 9.47 Å². The van der Waals surface area contributed by atoms with Crippen LogP contribution in [-0.4, -0.2) is 56.5 Å². The number of nitrogens with zero attached hydrogens (tertiary/aromatic N) is 1. The SMILES string of the molecule is COC1CN(C2CC(C)CCC2N)CC1OC. The van der Waals surface area contributed by atoms with Gasteiger partial charge >= 0.3 is 0 Å². The van der Waals surface area contributed by atoms with E-state index in [1.54, 1.807) is 14.2 Å². The summed E-state index contributed by atoms with van der Waals surface area (Å²) in [4.78, 5) is 2.47. The van der Waals surface area contributed by atoms with E-state index in [-0.39, 0.29) is 12.2 Å². The lowest BCUT2D eigenvalue weighted by Gasteiger charge is -2.38. The van der Waals surface area contributed by atoms with Gasteiger partial charge in [-0.05, 0) is 25.2 Å². The first-order chi connectivity index (χ1) is 8.15. The van der Waals surface area contributed by atoms with Crippen molar-refractivity contribution in [2.75, 3.05) is 27.3 Å². The largest absolute Gasteiger partial charge is 0.377 e. The molecule has 1 aliphatic heterocycles. The molecule has 0 bridgehead atoms. The van der Waals surface area contributed by atoms with Crippen LogP contribution >= 0.6 is 0 Å². The molecule has 1 saturated carbocycles. The van der Waals surface area contributed by atoms with Crippen molar-refractivity contribution in [2.45, 2.75) is 50.5 Å². The third-order valence-electron chi connectivity index (χ3n) is 4.45. The summed E-state index contributed by atoms with van der Waals surface area (Å²) in [6, 6.07) is 0.830. The zero-order valence-electron chi connectivity index (χ0n) is 11.3. The highest BCUT2D eigenvalue weighted by atomic mass is 16.5. The van der Waals surface area contributed by atoms with Crippen LogP contribution in [0.3, 0.4) is 0 Å². The molecule has 5 unspecified atom stereocenters. The molecule has 1 heterocycles.